The van der Waals surface area contributed by atoms with Crippen molar-refractivity contribution in [2.24, 2.45) is 0 Å². The second-order valence-corrected chi connectivity index (χ2v) is 7.22. The molecule has 0 bridgehead atoms. The Bertz CT molecular complexity index is 682. The first-order valence-corrected chi connectivity index (χ1v) is 9.00. The van der Waals surface area contributed by atoms with Crippen LogP contribution in [0.4, 0.5) is 4.79 Å². The third kappa shape index (κ3) is 9.70. The fraction of sp³-hybridized carbons (Fsp3) is 0.500. The number of hydrogen-bond acceptors (Lipinski definition) is 6. The minimum Gasteiger partial charge on any atom is -0.469 e. The maximum Gasteiger partial charge on any atom is 0.408 e. The second kappa shape index (κ2) is 11.1. The number of ether oxygens (including phenoxy) is 2. The molecule has 1 aromatic carbocycles. The number of carbonyl (C=O) groups is 4. The second-order valence-electron chi connectivity index (χ2n) is 7.22. The van der Waals surface area contributed by atoms with Gasteiger partial charge in [0.1, 0.15) is 11.6 Å². The van der Waals surface area contributed by atoms with Crippen LogP contribution in [0.3, 0.4) is 0 Å². The van der Waals surface area contributed by atoms with Gasteiger partial charge in [-0.15, -0.1) is 0 Å². The molecule has 0 saturated heterocycles. The topological polar surface area (TPSA) is 111 Å². The lowest BCUT2D eigenvalue weighted by Gasteiger charge is -2.23. The molecule has 0 aliphatic carbocycles. The molecule has 0 aromatic heterocycles. The van der Waals surface area contributed by atoms with Gasteiger partial charge in [0.2, 0.25) is 5.91 Å². The fourth-order valence-corrected chi connectivity index (χ4v) is 2.25. The van der Waals surface area contributed by atoms with E-state index in [2.05, 4.69) is 15.4 Å². The van der Waals surface area contributed by atoms with Crippen molar-refractivity contribution in [3.8, 4) is 0 Å². The summed E-state index contributed by atoms with van der Waals surface area (Å²) in [5, 5.41) is 5.05. The van der Waals surface area contributed by atoms with Gasteiger partial charge in [-0.25, -0.2) is 4.79 Å². The first-order chi connectivity index (χ1) is 13.1. The molecule has 1 rings (SSSR count). The van der Waals surface area contributed by atoms with Crippen LogP contribution in [0, 0.1) is 0 Å². The van der Waals surface area contributed by atoms with Crippen molar-refractivity contribution < 1.29 is 28.7 Å². The van der Waals surface area contributed by atoms with E-state index in [4.69, 9.17) is 4.74 Å². The zero-order chi connectivity index (χ0) is 21.2. The maximum absolute atomic E-state index is 12.5. The summed E-state index contributed by atoms with van der Waals surface area (Å²) in [6, 6.07) is 8.25. The molecule has 2 amide bonds. The van der Waals surface area contributed by atoms with Crippen LogP contribution in [0.15, 0.2) is 30.3 Å². The summed E-state index contributed by atoms with van der Waals surface area (Å²) in [4.78, 5) is 47.5. The van der Waals surface area contributed by atoms with Crippen molar-refractivity contribution in [3.05, 3.63) is 35.9 Å². The molecular formula is C20H28N2O6. The Morgan fingerprint density at radius 3 is 2.25 bits per heavy atom. The van der Waals surface area contributed by atoms with Crippen LogP contribution < -0.4 is 10.6 Å². The molecule has 0 radical (unpaired) electrons. The van der Waals surface area contributed by atoms with Gasteiger partial charge in [-0.05, 0) is 26.3 Å². The Morgan fingerprint density at radius 1 is 1.04 bits per heavy atom. The lowest BCUT2D eigenvalue weighted by atomic mass is 10.1. The van der Waals surface area contributed by atoms with E-state index >= 15 is 0 Å². The summed E-state index contributed by atoms with van der Waals surface area (Å²) in [7, 11) is 1.24. The van der Waals surface area contributed by atoms with E-state index in [0.29, 0.717) is 0 Å². The van der Waals surface area contributed by atoms with E-state index in [-0.39, 0.29) is 31.6 Å². The summed E-state index contributed by atoms with van der Waals surface area (Å²) < 4.78 is 9.69. The Hall–Kier alpha value is -2.90. The number of carbonyl (C=O) groups excluding carboxylic acids is 4. The zero-order valence-corrected chi connectivity index (χ0v) is 16.7. The van der Waals surface area contributed by atoms with Gasteiger partial charge in [-0.3, -0.25) is 14.4 Å². The molecular weight excluding hydrogens is 364 g/mol. The predicted octanol–water partition coefficient (Wildman–Crippen LogP) is 1.76. The first kappa shape index (κ1) is 23.1. The third-order valence-corrected chi connectivity index (χ3v) is 3.59. The zero-order valence-electron chi connectivity index (χ0n) is 16.7. The smallest absolute Gasteiger partial charge is 0.408 e. The van der Waals surface area contributed by atoms with Crippen molar-refractivity contribution in [1.82, 2.24) is 10.6 Å². The van der Waals surface area contributed by atoms with Gasteiger partial charge in [0.25, 0.3) is 0 Å². The largest absolute Gasteiger partial charge is 0.469 e. The number of ketones is 1. The highest BCUT2D eigenvalue weighted by Crippen LogP contribution is 2.08. The molecule has 0 fully saturated rings. The molecule has 0 unspecified atom stereocenters. The molecule has 2 N–H and O–H groups in total. The maximum atomic E-state index is 12.5. The highest BCUT2D eigenvalue weighted by molar-refractivity contribution is 5.91. The minimum absolute atomic E-state index is 0.0319. The number of esters is 1. The number of methoxy groups -OCH3 is 1. The van der Waals surface area contributed by atoms with Crippen molar-refractivity contribution >= 4 is 23.8 Å². The van der Waals surface area contributed by atoms with E-state index in [1.807, 2.05) is 30.3 Å². The highest BCUT2D eigenvalue weighted by atomic mass is 16.6. The van der Waals surface area contributed by atoms with Crippen LogP contribution in [-0.2, 0) is 30.3 Å². The van der Waals surface area contributed by atoms with Gasteiger partial charge < -0.3 is 20.1 Å². The van der Waals surface area contributed by atoms with Crippen LogP contribution >= 0.6 is 0 Å². The normalized spacial score (nSPS) is 11.9. The first-order valence-electron chi connectivity index (χ1n) is 9.00. The summed E-state index contributed by atoms with van der Waals surface area (Å²) in [5.74, 6) is -1.32. The van der Waals surface area contributed by atoms with Crippen molar-refractivity contribution in [2.75, 3.05) is 13.7 Å². The molecule has 154 valence electrons. The molecule has 0 saturated carbocycles. The monoisotopic (exact) mass is 392 g/mol. The Labute approximate surface area is 165 Å². The third-order valence-electron chi connectivity index (χ3n) is 3.59. The lowest BCUT2D eigenvalue weighted by molar-refractivity contribution is -0.141. The predicted molar refractivity (Wildman–Crippen MR) is 103 cm³/mol. The molecule has 1 atom stereocenters. The van der Waals surface area contributed by atoms with Crippen LogP contribution in [0.1, 0.15) is 39.2 Å². The van der Waals surface area contributed by atoms with Gasteiger partial charge in [-0.1, -0.05) is 30.3 Å². The number of nitrogens with one attached hydrogen (secondary N) is 2. The molecule has 0 aliphatic heterocycles. The van der Waals surface area contributed by atoms with Gasteiger partial charge in [0.05, 0.1) is 20.1 Å². The number of hydrogen-bond donors (Lipinski definition) is 2. The average molecular weight is 392 g/mol. The van der Waals surface area contributed by atoms with Gasteiger partial charge in [0, 0.05) is 12.8 Å². The number of rotatable bonds is 9. The van der Waals surface area contributed by atoms with Crippen LogP contribution in [-0.4, -0.2) is 49.1 Å². The van der Waals surface area contributed by atoms with E-state index in [1.165, 1.54) is 7.11 Å². The summed E-state index contributed by atoms with van der Waals surface area (Å²) >= 11 is 0. The highest BCUT2D eigenvalue weighted by Gasteiger charge is 2.25. The SMILES string of the molecule is COC(=O)CCC(=O)CNC(=O)[C@@H](Cc1ccccc1)NC(=O)OC(C)(C)C. The van der Waals surface area contributed by atoms with Crippen molar-refractivity contribution in [2.45, 2.75) is 51.7 Å². The molecule has 8 heteroatoms. The number of alkyl carbamates (subject to hydrolysis) is 1. The molecule has 1 aromatic rings. The number of benzene rings is 1. The molecule has 8 nitrogen and oxygen atoms in total. The van der Waals surface area contributed by atoms with Gasteiger partial charge >= 0.3 is 12.1 Å². The van der Waals surface area contributed by atoms with E-state index in [1.54, 1.807) is 20.8 Å². The molecule has 28 heavy (non-hydrogen) atoms. The molecule has 0 heterocycles. The summed E-state index contributed by atoms with van der Waals surface area (Å²) in [5.41, 5.74) is 0.137. The Morgan fingerprint density at radius 2 is 1.68 bits per heavy atom. The number of Topliss-reactive ketones (excluding diaryl/α,β-unsaturated/α-hetero) is 1. The summed E-state index contributed by atoms with van der Waals surface area (Å²) in [6.07, 6.45) is -0.562. The quantitative estimate of drug-likeness (QED) is 0.620. The van der Waals surface area contributed by atoms with E-state index in [0.717, 1.165) is 5.56 Å². The Kier molecular flexibility index (Phi) is 9.14. The number of amides is 2. The molecule has 0 spiro atoms. The van der Waals surface area contributed by atoms with Gasteiger partial charge in [-0.2, -0.15) is 0 Å². The standard InChI is InChI=1S/C20H28N2O6/c1-20(2,3)28-19(26)22-16(12-14-8-6-5-7-9-14)18(25)21-13-15(23)10-11-17(24)27-4/h5-9,16H,10-13H2,1-4H3,(H,21,25)(H,22,26)/t16-/m1/s1. The van der Waals surface area contributed by atoms with E-state index < -0.39 is 29.6 Å². The molecule has 0 aliphatic rings. The Balaban J connectivity index is 2.69. The van der Waals surface area contributed by atoms with Gasteiger partial charge in [0.15, 0.2) is 5.78 Å². The van der Waals surface area contributed by atoms with Crippen LogP contribution in [0.2, 0.25) is 0 Å². The van der Waals surface area contributed by atoms with Crippen molar-refractivity contribution in [1.29, 1.82) is 0 Å². The summed E-state index contributed by atoms with van der Waals surface area (Å²) in [6.45, 7) is 4.92. The fourth-order valence-electron chi connectivity index (χ4n) is 2.25. The van der Waals surface area contributed by atoms with Crippen LogP contribution in [0.5, 0.6) is 0 Å². The average Bonchev–Trinajstić information content (AvgIpc) is 2.62. The lowest BCUT2D eigenvalue weighted by Crippen LogP contribution is -2.50. The van der Waals surface area contributed by atoms with Crippen LogP contribution in [0.25, 0.3) is 0 Å². The van der Waals surface area contributed by atoms with Crippen molar-refractivity contribution in [3.63, 3.8) is 0 Å². The van der Waals surface area contributed by atoms with E-state index in [9.17, 15) is 19.2 Å². The minimum atomic E-state index is -0.911.